The summed E-state index contributed by atoms with van der Waals surface area (Å²) < 4.78 is 11.3. The highest BCUT2D eigenvalue weighted by Gasteiger charge is 2.23. The van der Waals surface area contributed by atoms with Gasteiger partial charge in [-0.3, -0.25) is 9.69 Å². The van der Waals surface area contributed by atoms with Crippen molar-refractivity contribution in [3.05, 3.63) is 24.3 Å². The van der Waals surface area contributed by atoms with E-state index in [2.05, 4.69) is 11.8 Å². The van der Waals surface area contributed by atoms with Gasteiger partial charge in [-0.2, -0.15) is 0 Å². The fraction of sp³-hybridized carbons (Fsp3) is 0.588. The van der Waals surface area contributed by atoms with Crippen molar-refractivity contribution in [2.45, 2.75) is 26.2 Å². The summed E-state index contributed by atoms with van der Waals surface area (Å²) >= 11 is 0. The Morgan fingerprint density at radius 2 is 1.68 bits per heavy atom. The Hall–Kier alpha value is -1.75. The zero-order valence-corrected chi connectivity index (χ0v) is 13.2. The minimum atomic E-state index is -0.665. The molecule has 2 rings (SSSR count). The van der Waals surface area contributed by atoms with Crippen molar-refractivity contribution in [2.24, 2.45) is 5.92 Å². The van der Waals surface area contributed by atoms with Crippen LogP contribution in [0.15, 0.2) is 24.3 Å². The maximum absolute atomic E-state index is 10.9. The fourth-order valence-electron chi connectivity index (χ4n) is 2.55. The van der Waals surface area contributed by atoms with E-state index in [1.165, 1.54) is 0 Å². The lowest BCUT2D eigenvalue weighted by molar-refractivity contribution is -0.143. The summed E-state index contributed by atoms with van der Waals surface area (Å²) in [6.45, 7) is 5.94. The smallest absolute Gasteiger partial charge is 0.306 e. The number of carbonyl (C=O) groups is 1. The summed E-state index contributed by atoms with van der Waals surface area (Å²) in [4.78, 5) is 13.2. The first-order valence-electron chi connectivity index (χ1n) is 8.00. The number of piperidine rings is 1. The number of rotatable bonds is 8. The van der Waals surface area contributed by atoms with Crippen LogP contribution < -0.4 is 9.47 Å². The molecule has 5 heteroatoms. The van der Waals surface area contributed by atoms with E-state index in [0.717, 1.165) is 57.0 Å². The van der Waals surface area contributed by atoms with Crippen molar-refractivity contribution in [1.29, 1.82) is 0 Å². The van der Waals surface area contributed by atoms with Crippen LogP contribution in [0.5, 0.6) is 11.5 Å². The van der Waals surface area contributed by atoms with Crippen molar-refractivity contribution in [3.63, 3.8) is 0 Å². The van der Waals surface area contributed by atoms with Crippen LogP contribution in [-0.2, 0) is 4.79 Å². The normalized spacial score (nSPS) is 16.4. The molecule has 1 saturated heterocycles. The van der Waals surface area contributed by atoms with Gasteiger partial charge in [-0.05, 0) is 56.6 Å². The Kier molecular flexibility index (Phi) is 6.52. The van der Waals surface area contributed by atoms with E-state index < -0.39 is 5.97 Å². The van der Waals surface area contributed by atoms with E-state index in [1.807, 2.05) is 24.3 Å². The molecule has 0 aromatic heterocycles. The average Bonchev–Trinajstić information content (AvgIpc) is 2.54. The van der Waals surface area contributed by atoms with Gasteiger partial charge in [0.15, 0.2) is 0 Å². The molecule has 0 aliphatic carbocycles. The Balaban J connectivity index is 1.65. The van der Waals surface area contributed by atoms with Gasteiger partial charge in [0.05, 0.1) is 12.5 Å². The number of aliphatic carboxylic acids is 1. The second-order valence-electron chi connectivity index (χ2n) is 5.62. The van der Waals surface area contributed by atoms with Gasteiger partial charge in [0.25, 0.3) is 0 Å². The number of nitrogens with zero attached hydrogens (tertiary/aromatic N) is 1. The second kappa shape index (κ2) is 8.63. The summed E-state index contributed by atoms with van der Waals surface area (Å²) in [5.74, 6) is 0.864. The van der Waals surface area contributed by atoms with Crippen LogP contribution in [0.25, 0.3) is 0 Å². The summed E-state index contributed by atoms with van der Waals surface area (Å²) in [6, 6.07) is 7.68. The SMILES string of the molecule is CCCOc1ccc(OCCN2CCC(C(=O)O)CC2)cc1. The molecule has 1 heterocycles. The van der Waals surface area contributed by atoms with Gasteiger partial charge in [-0.1, -0.05) is 6.92 Å². The molecule has 0 bridgehead atoms. The third-order valence-corrected chi connectivity index (χ3v) is 3.91. The Labute approximate surface area is 131 Å². The monoisotopic (exact) mass is 307 g/mol. The van der Waals surface area contributed by atoms with Gasteiger partial charge in [0.1, 0.15) is 18.1 Å². The number of likely N-dealkylation sites (tertiary alicyclic amines) is 1. The minimum absolute atomic E-state index is 0.173. The van der Waals surface area contributed by atoms with Crippen molar-refractivity contribution >= 4 is 5.97 Å². The Morgan fingerprint density at radius 3 is 2.18 bits per heavy atom. The van der Waals surface area contributed by atoms with Gasteiger partial charge in [0, 0.05) is 6.54 Å². The van der Waals surface area contributed by atoms with Crippen molar-refractivity contribution in [2.75, 3.05) is 32.8 Å². The first-order chi connectivity index (χ1) is 10.7. The van der Waals surface area contributed by atoms with Gasteiger partial charge in [-0.15, -0.1) is 0 Å². The van der Waals surface area contributed by atoms with Crippen LogP contribution in [0.4, 0.5) is 0 Å². The molecule has 1 aliphatic rings. The van der Waals surface area contributed by atoms with E-state index in [0.29, 0.717) is 6.61 Å². The summed E-state index contributed by atoms with van der Waals surface area (Å²) in [6.07, 6.45) is 2.47. The topological polar surface area (TPSA) is 59.0 Å². The molecule has 1 aliphatic heterocycles. The molecule has 0 amide bonds. The highest BCUT2D eigenvalue weighted by Crippen LogP contribution is 2.19. The zero-order valence-electron chi connectivity index (χ0n) is 13.2. The molecule has 5 nitrogen and oxygen atoms in total. The van der Waals surface area contributed by atoms with Crippen LogP contribution in [0.1, 0.15) is 26.2 Å². The Morgan fingerprint density at radius 1 is 1.14 bits per heavy atom. The molecule has 1 aromatic rings. The Bertz CT molecular complexity index is 452. The largest absolute Gasteiger partial charge is 0.494 e. The number of hydrogen-bond donors (Lipinski definition) is 1. The lowest BCUT2D eigenvalue weighted by atomic mass is 9.97. The summed E-state index contributed by atoms with van der Waals surface area (Å²) in [5, 5.41) is 8.97. The minimum Gasteiger partial charge on any atom is -0.494 e. The van der Waals surface area contributed by atoms with E-state index >= 15 is 0 Å². The highest BCUT2D eigenvalue weighted by molar-refractivity contribution is 5.70. The van der Waals surface area contributed by atoms with Crippen molar-refractivity contribution < 1.29 is 19.4 Å². The first-order valence-corrected chi connectivity index (χ1v) is 8.00. The quantitative estimate of drug-likeness (QED) is 0.800. The van der Waals surface area contributed by atoms with Crippen molar-refractivity contribution in [3.8, 4) is 11.5 Å². The molecule has 1 aromatic carbocycles. The predicted molar refractivity (Wildman–Crippen MR) is 84.5 cm³/mol. The van der Waals surface area contributed by atoms with E-state index in [1.54, 1.807) is 0 Å². The molecule has 0 atom stereocenters. The van der Waals surface area contributed by atoms with E-state index in [4.69, 9.17) is 14.6 Å². The molecule has 1 N–H and O–H groups in total. The maximum Gasteiger partial charge on any atom is 0.306 e. The molecule has 0 unspecified atom stereocenters. The molecular weight excluding hydrogens is 282 g/mol. The second-order valence-corrected chi connectivity index (χ2v) is 5.62. The maximum atomic E-state index is 10.9. The number of ether oxygens (including phenoxy) is 2. The highest BCUT2D eigenvalue weighted by atomic mass is 16.5. The van der Waals surface area contributed by atoms with Gasteiger partial charge >= 0.3 is 5.97 Å². The molecule has 1 fully saturated rings. The van der Waals surface area contributed by atoms with Crippen LogP contribution in [-0.4, -0.2) is 48.8 Å². The predicted octanol–water partition coefficient (Wildman–Crippen LogP) is 2.65. The number of hydrogen-bond acceptors (Lipinski definition) is 4. The van der Waals surface area contributed by atoms with Gasteiger partial charge in [-0.25, -0.2) is 0 Å². The number of carboxylic acid groups (broad SMARTS) is 1. The standard InChI is InChI=1S/C17H25NO4/c1-2-12-21-15-3-5-16(6-4-15)22-13-11-18-9-7-14(8-10-18)17(19)20/h3-6,14H,2,7-13H2,1H3,(H,19,20). The molecule has 22 heavy (non-hydrogen) atoms. The molecule has 0 radical (unpaired) electrons. The third kappa shape index (κ3) is 5.22. The third-order valence-electron chi connectivity index (χ3n) is 3.91. The van der Waals surface area contributed by atoms with Gasteiger partial charge in [0.2, 0.25) is 0 Å². The lowest BCUT2D eigenvalue weighted by Gasteiger charge is -2.29. The van der Waals surface area contributed by atoms with Gasteiger partial charge < -0.3 is 14.6 Å². The first kappa shape index (κ1) is 16.6. The molecular formula is C17H25NO4. The number of carboxylic acids is 1. The number of benzene rings is 1. The molecule has 122 valence electrons. The molecule has 0 saturated carbocycles. The van der Waals surface area contributed by atoms with E-state index in [-0.39, 0.29) is 5.92 Å². The van der Waals surface area contributed by atoms with Crippen LogP contribution in [0.2, 0.25) is 0 Å². The van der Waals surface area contributed by atoms with Crippen molar-refractivity contribution in [1.82, 2.24) is 4.90 Å². The molecule has 0 spiro atoms. The van der Waals surface area contributed by atoms with Crippen LogP contribution in [0, 0.1) is 5.92 Å². The fourth-order valence-corrected chi connectivity index (χ4v) is 2.55. The van der Waals surface area contributed by atoms with Crippen LogP contribution in [0.3, 0.4) is 0 Å². The zero-order chi connectivity index (χ0) is 15.8. The average molecular weight is 307 g/mol. The van der Waals surface area contributed by atoms with Crippen LogP contribution >= 0.6 is 0 Å². The summed E-state index contributed by atoms with van der Waals surface area (Å²) in [5.41, 5.74) is 0. The van der Waals surface area contributed by atoms with E-state index in [9.17, 15) is 4.79 Å². The lowest BCUT2D eigenvalue weighted by Crippen LogP contribution is -2.38. The summed E-state index contributed by atoms with van der Waals surface area (Å²) in [7, 11) is 0.